The predicted octanol–water partition coefficient (Wildman–Crippen LogP) is 5.69. The summed E-state index contributed by atoms with van der Waals surface area (Å²) in [4.78, 5) is 0. The Labute approximate surface area is 183 Å². The normalized spacial score (nSPS) is 17.8. The van der Waals surface area contributed by atoms with Gasteiger partial charge in [0.25, 0.3) is 0 Å². The first-order valence-electron chi connectivity index (χ1n) is 10.4. The maximum absolute atomic E-state index is 2.53. The second-order valence-electron chi connectivity index (χ2n) is 8.12. The molecule has 1 saturated carbocycles. The number of fused-ring (bicyclic) bond motifs is 1. The van der Waals surface area contributed by atoms with Crippen molar-refractivity contribution in [1.29, 1.82) is 0 Å². The van der Waals surface area contributed by atoms with Crippen molar-refractivity contribution in [3.05, 3.63) is 69.6 Å². The van der Waals surface area contributed by atoms with Crippen molar-refractivity contribution in [3.8, 4) is 11.1 Å². The number of allylic oxidation sites excluding steroid dienone is 2. The molecule has 138 valence electrons. The fraction of sp³-hybridized carbons (Fsp3) is 0.385. The van der Waals surface area contributed by atoms with Crippen LogP contribution in [0, 0.1) is 12.8 Å². The van der Waals surface area contributed by atoms with Crippen molar-refractivity contribution in [2.75, 3.05) is 0 Å². The first-order valence-corrected chi connectivity index (χ1v) is 10.4. The fourth-order valence-electron chi connectivity index (χ4n) is 4.54. The van der Waals surface area contributed by atoms with Crippen LogP contribution in [-0.2, 0) is 32.6 Å². The van der Waals surface area contributed by atoms with Crippen LogP contribution in [0.25, 0.3) is 23.3 Å². The molecule has 2 aromatic carbocycles. The number of hydrogen-bond acceptors (Lipinski definition) is 0. The zero-order chi connectivity index (χ0) is 17.9. The molecular weight excluding hydrogens is 404 g/mol. The van der Waals surface area contributed by atoms with Gasteiger partial charge in [-0.2, -0.15) is 0 Å². The van der Waals surface area contributed by atoms with Crippen molar-refractivity contribution < 1.29 is 26.2 Å². The molecule has 0 N–H and O–H groups in total. The van der Waals surface area contributed by atoms with E-state index >= 15 is 0 Å². The van der Waals surface area contributed by atoms with Crippen molar-refractivity contribution in [2.45, 2.75) is 58.8 Å². The molecule has 0 saturated heterocycles. The van der Waals surface area contributed by atoms with Crippen LogP contribution in [0.2, 0.25) is 0 Å². The van der Waals surface area contributed by atoms with Gasteiger partial charge in [-0.15, -0.1) is 0 Å². The number of benzene rings is 2. The molecule has 0 spiro atoms. The van der Waals surface area contributed by atoms with Gasteiger partial charge in [0, 0.05) is 26.2 Å². The Morgan fingerprint density at radius 2 is 1.70 bits per heavy atom. The van der Waals surface area contributed by atoms with Gasteiger partial charge in [-0.05, 0) is 82.5 Å². The largest absolute Gasteiger partial charge is 0.0741 e. The summed E-state index contributed by atoms with van der Waals surface area (Å²) in [6.07, 6.45) is 16.7. The Morgan fingerprint density at radius 1 is 0.963 bits per heavy atom. The predicted molar refractivity (Wildman–Crippen MR) is 113 cm³/mol. The monoisotopic (exact) mass is 432 g/mol. The summed E-state index contributed by atoms with van der Waals surface area (Å²) in [7, 11) is 0. The minimum Gasteiger partial charge on any atom is -0.0741 e. The van der Waals surface area contributed by atoms with Gasteiger partial charge < -0.3 is 0 Å². The SMILES string of the molecule is CCCc1ccc(-c2cc(C)cc3c2=CC(=CC2CCCCC2)C=3)cc1.[Zr]. The van der Waals surface area contributed by atoms with E-state index in [4.69, 9.17) is 0 Å². The molecule has 27 heavy (non-hydrogen) atoms. The van der Waals surface area contributed by atoms with E-state index in [9.17, 15) is 0 Å². The van der Waals surface area contributed by atoms with Crippen molar-refractivity contribution >= 4 is 12.2 Å². The Kier molecular flexibility index (Phi) is 7.10. The molecule has 2 aliphatic rings. The fourth-order valence-corrected chi connectivity index (χ4v) is 4.54. The van der Waals surface area contributed by atoms with Gasteiger partial charge in [-0.3, -0.25) is 0 Å². The van der Waals surface area contributed by atoms with Gasteiger partial charge in [0.15, 0.2) is 0 Å². The van der Waals surface area contributed by atoms with Gasteiger partial charge in [0.1, 0.15) is 0 Å². The minimum absolute atomic E-state index is 0. The van der Waals surface area contributed by atoms with E-state index in [-0.39, 0.29) is 26.2 Å². The molecule has 1 heteroatoms. The average molecular weight is 434 g/mol. The third-order valence-electron chi connectivity index (χ3n) is 5.87. The quantitative estimate of drug-likeness (QED) is 0.581. The Morgan fingerprint density at radius 3 is 2.41 bits per heavy atom. The molecule has 0 unspecified atom stereocenters. The van der Waals surface area contributed by atoms with E-state index in [0.29, 0.717) is 0 Å². The molecule has 2 aromatic rings. The second kappa shape index (κ2) is 9.33. The summed E-state index contributed by atoms with van der Waals surface area (Å²) < 4.78 is 0. The molecule has 0 atom stereocenters. The minimum atomic E-state index is 0. The summed E-state index contributed by atoms with van der Waals surface area (Å²) in [6, 6.07) is 13.9. The van der Waals surface area contributed by atoms with E-state index in [1.807, 2.05) is 0 Å². The molecule has 0 aliphatic heterocycles. The smallest absolute Gasteiger partial charge is 0 e. The maximum Gasteiger partial charge on any atom is 0 e. The summed E-state index contributed by atoms with van der Waals surface area (Å²) in [6.45, 7) is 4.46. The van der Waals surface area contributed by atoms with E-state index in [0.717, 1.165) is 5.92 Å². The van der Waals surface area contributed by atoms with E-state index in [1.165, 1.54) is 83.2 Å². The standard InChI is InChI=1S/C26H30.Zr/c1-3-7-20-10-12-23(13-11-20)25-15-19(2)14-24-17-22(18-26(24)25)16-21-8-5-4-6-9-21;/h10-18,21H,3-9H2,1-2H3;. The van der Waals surface area contributed by atoms with Crippen LogP contribution in [-0.4, -0.2) is 0 Å². The van der Waals surface area contributed by atoms with Crippen LogP contribution in [0.3, 0.4) is 0 Å². The van der Waals surface area contributed by atoms with Crippen molar-refractivity contribution in [2.24, 2.45) is 5.92 Å². The van der Waals surface area contributed by atoms with Crippen LogP contribution < -0.4 is 10.4 Å². The summed E-state index contributed by atoms with van der Waals surface area (Å²) in [5.41, 5.74) is 6.93. The van der Waals surface area contributed by atoms with Crippen LogP contribution in [0.5, 0.6) is 0 Å². The third-order valence-corrected chi connectivity index (χ3v) is 5.87. The van der Waals surface area contributed by atoms with Crippen LogP contribution in [0.15, 0.2) is 48.0 Å². The van der Waals surface area contributed by atoms with E-state index in [1.54, 1.807) is 0 Å². The molecule has 0 nitrogen and oxygen atoms in total. The molecule has 2 aliphatic carbocycles. The van der Waals surface area contributed by atoms with Gasteiger partial charge in [-0.1, -0.05) is 75.1 Å². The van der Waals surface area contributed by atoms with Crippen LogP contribution in [0.1, 0.15) is 56.6 Å². The molecule has 1 fully saturated rings. The van der Waals surface area contributed by atoms with Gasteiger partial charge in [-0.25, -0.2) is 0 Å². The molecule has 4 rings (SSSR count). The maximum atomic E-state index is 2.53. The Hall–Kier alpha value is -1.20. The van der Waals surface area contributed by atoms with Crippen molar-refractivity contribution in [1.82, 2.24) is 0 Å². The Bertz CT molecular complexity index is 925. The molecule has 0 amide bonds. The van der Waals surface area contributed by atoms with Crippen LogP contribution in [0.4, 0.5) is 0 Å². The zero-order valence-corrected chi connectivity index (χ0v) is 19.2. The zero-order valence-electron chi connectivity index (χ0n) is 16.7. The topological polar surface area (TPSA) is 0 Å². The van der Waals surface area contributed by atoms with Gasteiger partial charge >= 0.3 is 0 Å². The second-order valence-corrected chi connectivity index (χ2v) is 8.12. The number of rotatable bonds is 4. The molecule has 0 radical (unpaired) electrons. The van der Waals surface area contributed by atoms with Crippen LogP contribution >= 0.6 is 0 Å². The number of aryl methyl sites for hydroxylation is 2. The van der Waals surface area contributed by atoms with E-state index in [2.05, 4.69) is 68.5 Å². The summed E-state index contributed by atoms with van der Waals surface area (Å²) >= 11 is 0. The van der Waals surface area contributed by atoms with Crippen molar-refractivity contribution in [3.63, 3.8) is 0 Å². The molecular formula is C26H30Zr. The number of hydrogen-bond donors (Lipinski definition) is 0. The van der Waals surface area contributed by atoms with Gasteiger partial charge in [0.2, 0.25) is 0 Å². The first kappa shape index (κ1) is 20.5. The molecule has 0 heterocycles. The van der Waals surface area contributed by atoms with E-state index < -0.39 is 0 Å². The van der Waals surface area contributed by atoms with Gasteiger partial charge in [0.05, 0.1) is 0 Å². The summed E-state index contributed by atoms with van der Waals surface area (Å²) in [5, 5.41) is 2.79. The molecule has 0 aromatic heterocycles. The summed E-state index contributed by atoms with van der Waals surface area (Å²) in [5.74, 6) is 0.776. The average Bonchev–Trinajstić information content (AvgIpc) is 3.05. The Balaban J connectivity index is 0.00000210. The molecule has 0 bridgehead atoms. The first-order chi connectivity index (χ1) is 12.7. The third kappa shape index (κ3) is 4.81.